The number of aliphatic carboxylic acids is 1. The normalized spacial score (nSPS) is 12.3. The first kappa shape index (κ1) is 46.4. The van der Waals surface area contributed by atoms with E-state index in [9.17, 15) is 9.90 Å². The maximum Gasteiger partial charge on any atom is 0.303 e. The van der Waals surface area contributed by atoms with Gasteiger partial charge in [0.05, 0.1) is 0 Å². The summed E-state index contributed by atoms with van der Waals surface area (Å²) in [5, 5.41) is 9.29. The van der Waals surface area contributed by atoms with Crippen LogP contribution in [0.3, 0.4) is 0 Å². The zero-order valence-electron chi connectivity index (χ0n) is 33.0. The first-order chi connectivity index (χ1) is 23.2. The lowest BCUT2D eigenvalue weighted by molar-refractivity contribution is -0.137. The summed E-state index contributed by atoms with van der Waals surface area (Å²) in [5.74, 6) is -0.640. The second-order valence-corrected chi connectivity index (χ2v) is 15.3. The first-order valence-corrected chi connectivity index (χ1v) is 22.1. The summed E-state index contributed by atoms with van der Waals surface area (Å²) >= 11 is 0. The average molecular weight is 664 g/mol. The second-order valence-electron chi connectivity index (χ2n) is 15.3. The van der Waals surface area contributed by atoms with Gasteiger partial charge in [-0.3, -0.25) is 4.79 Å². The van der Waals surface area contributed by atoms with Gasteiger partial charge in [-0.25, -0.2) is 0 Å². The molecule has 0 fully saturated rings. The third kappa shape index (κ3) is 36.5. The average Bonchev–Trinajstić information content (AvgIpc) is 3.07. The largest absolute Gasteiger partial charge is 0.481 e. The number of carboxylic acids is 1. The third-order valence-electron chi connectivity index (χ3n) is 10.8. The van der Waals surface area contributed by atoms with Crippen LogP contribution >= 0.6 is 0 Å². The van der Waals surface area contributed by atoms with Crippen molar-refractivity contribution in [3.05, 3.63) is 0 Å². The van der Waals surface area contributed by atoms with Crippen molar-refractivity contribution >= 4 is 5.97 Å². The van der Waals surface area contributed by atoms with Crippen LogP contribution in [0.2, 0.25) is 0 Å². The van der Waals surface area contributed by atoms with Gasteiger partial charge in [0.25, 0.3) is 0 Å². The number of carboxylic acid groups (broad SMARTS) is 1. The second kappa shape index (κ2) is 39.9. The standard InChI is InChI=1S/C44H89NO2/c1-4-7-9-11-13-15-17-19-21-23-25-27-29-31-33-35-37-41-45(43(6-3)39-40-44(46)47)42-38-36-34-32-30-28-26-24-22-20-18-16-14-12-10-8-5-2/h43H,4-42H2,1-3H3,(H,46,47). The number of unbranched alkanes of at least 4 members (excludes halogenated alkanes) is 32. The van der Waals surface area contributed by atoms with Crippen LogP contribution in [-0.2, 0) is 4.79 Å². The summed E-state index contributed by atoms with van der Waals surface area (Å²) in [6, 6.07) is 0.438. The molecular weight excluding hydrogens is 574 g/mol. The molecule has 3 nitrogen and oxygen atoms in total. The molecule has 0 rings (SSSR count). The molecule has 282 valence electrons. The Kier molecular flexibility index (Phi) is 39.4. The number of nitrogens with zero attached hydrogens (tertiary/aromatic N) is 1. The smallest absolute Gasteiger partial charge is 0.303 e. The molecule has 1 unspecified atom stereocenters. The van der Waals surface area contributed by atoms with Crippen molar-refractivity contribution in [3.63, 3.8) is 0 Å². The molecule has 0 aromatic carbocycles. The summed E-state index contributed by atoms with van der Waals surface area (Å²) in [6.45, 7) is 9.18. The number of carbonyl (C=O) groups is 1. The van der Waals surface area contributed by atoms with Crippen molar-refractivity contribution in [3.8, 4) is 0 Å². The van der Waals surface area contributed by atoms with Crippen molar-refractivity contribution in [2.75, 3.05) is 13.1 Å². The quantitative estimate of drug-likeness (QED) is 0.0662. The van der Waals surface area contributed by atoms with Gasteiger partial charge in [-0.05, 0) is 38.8 Å². The summed E-state index contributed by atoms with van der Waals surface area (Å²) in [7, 11) is 0. The third-order valence-corrected chi connectivity index (χ3v) is 10.8. The molecule has 0 heterocycles. The topological polar surface area (TPSA) is 40.5 Å². The van der Waals surface area contributed by atoms with E-state index in [1.165, 1.54) is 218 Å². The van der Waals surface area contributed by atoms with Gasteiger partial charge in [0.1, 0.15) is 0 Å². The van der Waals surface area contributed by atoms with Gasteiger partial charge in [-0.15, -0.1) is 0 Å². The Bertz CT molecular complexity index is 555. The van der Waals surface area contributed by atoms with E-state index in [0.29, 0.717) is 12.5 Å². The number of hydrogen-bond donors (Lipinski definition) is 1. The first-order valence-electron chi connectivity index (χ1n) is 22.1. The Morgan fingerprint density at radius 2 is 0.638 bits per heavy atom. The Labute approximate surface area is 297 Å². The molecule has 0 bridgehead atoms. The van der Waals surface area contributed by atoms with Gasteiger partial charge >= 0.3 is 5.97 Å². The fourth-order valence-electron chi connectivity index (χ4n) is 7.49. The Morgan fingerprint density at radius 1 is 0.404 bits per heavy atom. The van der Waals surface area contributed by atoms with Crippen LogP contribution in [0.1, 0.15) is 258 Å². The maximum atomic E-state index is 11.3. The van der Waals surface area contributed by atoms with Crippen LogP contribution < -0.4 is 0 Å². The predicted molar refractivity (Wildman–Crippen MR) is 211 cm³/mol. The lowest BCUT2D eigenvalue weighted by Gasteiger charge is -2.31. The fourth-order valence-corrected chi connectivity index (χ4v) is 7.49. The zero-order chi connectivity index (χ0) is 34.3. The Morgan fingerprint density at radius 3 is 0.851 bits per heavy atom. The minimum atomic E-state index is -0.640. The van der Waals surface area contributed by atoms with E-state index in [4.69, 9.17) is 0 Å². The van der Waals surface area contributed by atoms with Crippen LogP contribution in [0.5, 0.6) is 0 Å². The summed E-state index contributed by atoms with van der Waals surface area (Å²) in [4.78, 5) is 13.9. The molecule has 0 aliphatic rings. The molecule has 0 saturated carbocycles. The molecule has 0 radical (unpaired) electrons. The Balaban J connectivity index is 3.83. The molecular formula is C44H89NO2. The molecule has 0 aliphatic carbocycles. The summed E-state index contributed by atoms with van der Waals surface area (Å²) in [5.41, 5.74) is 0. The predicted octanol–water partition coefficient (Wildman–Crippen LogP) is 15.2. The molecule has 1 N–H and O–H groups in total. The minimum Gasteiger partial charge on any atom is -0.481 e. The van der Waals surface area contributed by atoms with Gasteiger partial charge in [0.15, 0.2) is 0 Å². The van der Waals surface area contributed by atoms with Gasteiger partial charge in [-0.1, -0.05) is 226 Å². The lowest BCUT2D eigenvalue weighted by atomic mass is 10.0. The molecule has 0 saturated heterocycles. The fraction of sp³-hybridized carbons (Fsp3) is 0.977. The molecule has 1 atom stereocenters. The van der Waals surface area contributed by atoms with Crippen LogP contribution in [0, 0.1) is 0 Å². The maximum absolute atomic E-state index is 11.3. The number of hydrogen-bond acceptors (Lipinski definition) is 2. The highest BCUT2D eigenvalue weighted by Crippen LogP contribution is 2.18. The van der Waals surface area contributed by atoms with Crippen molar-refractivity contribution in [1.82, 2.24) is 4.90 Å². The van der Waals surface area contributed by atoms with Crippen molar-refractivity contribution < 1.29 is 9.90 Å². The highest BCUT2D eigenvalue weighted by Gasteiger charge is 2.17. The van der Waals surface area contributed by atoms with Gasteiger partial charge < -0.3 is 10.0 Å². The van der Waals surface area contributed by atoms with Crippen molar-refractivity contribution in [1.29, 1.82) is 0 Å². The van der Waals surface area contributed by atoms with E-state index in [1.54, 1.807) is 0 Å². The van der Waals surface area contributed by atoms with Crippen molar-refractivity contribution in [2.24, 2.45) is 0 Å². The van der Waals surface area contributed by atoms with Crippen LogP contribution in [0.4, 0.5) is 0 Å². The van der Waals surface area contributed by atoms with Crippen LogP contribution in [0.25, 0.3) is 0 Å². The monoisotopic (exact) mass is 664 g/mol. The molecule has 3 heteroatoms. The highest BCUT2D eigenvalue weighted by molar-refractivity contribution is 5.66. The van der Waals surface area contributed by atoms with Crippen LogP contribution in [0.15, 0.2) is 0 Å². The van der Waals surface area contributed by atoms with Crippen LogP contribution in [-0.4, -0.2) is 35.1 Å². The molecule has 0 aliphatic heterocycles. The Hall–Kier alpha value is -0.570. The molecule has 0 amide bonds. The summed E-state index contributed by atoms with van der Waals surface area (Å²) in [6.07, 6.45) is 50.3. The lowest BCUT2D eigenvalue weighted by Crippen LogP contribution is -2.37. The zero-order valence-corrected chi connectivity index (χ0v) is 33.0. The van der Waals surface area contributed by atoms with Gasteiger partial charge in [0.2, 0.25) is 0 Å². The van der Waals surface area contributed by atoms with E-state index in [2.05, 4.69) is 25.7 Å². The van der Waals surface area contributed by atoms with E-state index in [1.807, 2.05) is 0 Å². The van der Waals surface area contributed by atoms with Gasteiger partial charge in [0, 0.05) is 12.5 Å². The summed E-state index contributed by atoms with van der Waals surface area (Å²) < 4.78 is 0. The van der Waals surface area contributed by atoms with E-state index < -0.39 is 5.97 Å². The molecule has 0 spiro atoms. The molecule has 0 aromatic rings. The van der Waals surface area contributed by atoms with E-state index in [0.717, 1.165) is 25.9 Å². The molecule has 0 aromatic heterocycles. The highest BCUT2D eigenvalue weighted by atomic mass is 16.4. The SMILES string of the molecule is CCCCCCCCCCCCCCCCCCCN(CCCCCCCCCCCCCCCCCCC)C(CC)CCC(=O)O. The molecule has 47 heavy (non-hydrogen) atoms. The van der Waals surface area contributed by atoms with E-state index >= 15 is 0 Å². The van der Waals surface area contributed by atoms with Gasteiger partial charge in [-0.2, -0.15) is 0 Å². The van der Waals surface area contributed by atoms with Crippen molar-refractivity contribution in [2.45, 2.75) is 264 Å². The van der Waals surface area contributed by atoms with E-state index in [-0.39, 0.29) is 0 Å². The minimum absolute atomic E-state index is 0.313. The number of rotatable bonds is 41.